The van der Waals surface area contributed by atoms with E-state index in [1.165, 1.54) is 6.07 Å². The number of halogens is 2. The van der Waals surface area contributed by atoms with Gasteiger partial charge in [-0.05, 0) is 18.4 Å². The van der Waals surface area contributed by atoms with Gasteiger partial charge >= 0.3 is 5.97 Å². The highest BCUT2D eigenvalue weighted by Gasteiger charge is 2.25. The van der Waals surface area contributed by atoms with Crippen molar-refractivity contribution in [3.05, 3.63) is 29.3 Å². The van der Waals surface area contributed by atoms with Crippen LogP contribution in [-0.2, 0) is 4.79 Å². The van der Waals surface area contributed by atoms with Crippen LogP contribution in [0.1, 0.15) is 11.7 Å². The summed E-state index contributed by atoms with van der Waals surface area (Å²) in [7, 11) is 0. The third kappa shape index (κ3) is 2.27. The van der Waals surface area contributed by atoms with Crippen LogP contribution in [0, 0.1) is 11.6 Å². The Morgan fingerprint density at radius 3 is 2.53 bits per heavy atom. The Hall–Kier alpha value is -1.14. The van der Waals surface area contributed by atoms with Gasteiger partial charge < -0.3 is 10.2 Å². The van der Waals surface area contributed by atoms with E-state index in [4.69, 9.17) is 10.2 Å². The molecule has 15 heavy (non-hydrogen) atoms. The molecule has 0 saturated heterocycles. The maximum Gasteiger partial charge on any atom is 0.337 e. The van der Waals surface area contributed by atoms with Crippen LogP contribution >= 0.6 is 11.8 Å². The number of hydrogen-bond acceptors (Lipinski definition) is 3. The molecule has 1 rings (SSSR count). The number of carboxylic acid groups (broad SMARTS) is 1. The number of benzene rings is 1. The van der Waals surface area contributed by atoms with Gasteiger partial charge in [0.2, 0.25) is 0 Å². The Balaban J connectivity index is 3.32. The van der Waals surface area contributed by atoms with Crippen LogP contribution in [0.4, 0.5) is 8.78 Å². The Morgan fingerprint density at radius 2 is 2.07 bits per heavy atom. The van der Waals surface area contributed by atoms with Crippen LogP contribution in [0.15, 0.2) is 17.0 Å². The predicted octanol–water partition coefficient (Wildman–Crippen LogP) is 1.80. The van der Waals surface area contributed by atoms with Crippen molar-refractivity contribution in [3.8, 4) is 0 Å². The van der Waals surface area contributed by atoms with Crippen LogP contribution in [0.5, 0.6) is 0 Å². The standard InChI is InChI=1S/C9H8F2O3S/c1-15-5-3-2-4(10)6(7(5)11)8(12)9(13)14/h2-3,8,12H,1H3,(H,13,14). The lowest BCUT2D eigenvalue weighted by Gasteiger charge is -2.10. The third-order valence-corrected chi connectivity index (χ3v) is 2.57. The topological polar surface area (TPSA) is 57.5 Å². The third-order valence-electron chi connectivity index (χ3n) is 1.82. The van der Waals surface area contributed by atoms with Crippen molar-refractivity contribution in [2.75, 3.05) is 6.26 Å². The minimum atomic E-state index is -2.18. The molecule has 0 fully saturated rings. The number of carbonyl (C=O) groups is 1. The lowest BCUT2D eigenvalue weighted by Crippen LogP contribution is -2.14. The van der Waals surface area contributed by atoms with E-state index in [2.05, 4.69) is 0 Å². The summed E-state index contributed by atoms with van der Waals surface area (Å²) < 4.78 is 26.6. The van der Waals surface area contributed by atoms with Gasteiger partial charge in [-0.1, -0.05) is 0 Å². The fraction of sp³-hybridized carbons (Fsp3) is 0.222. The van der Waals surface area contributed by atoms with Gasteiger partial charge in [-0.2, -0.15) is 0 Å². The summed E-state index contributed by atoms with van der Waals surface area (Å²) in [6.45, 7) is 0. The molecular weight excluding hydrogens is 226 g/mol. The molecule has 1 atom stereocenters. The summed E-state index contributed by atoms with van der Waals surface area (Å²) in [5.74, 6) is -3.79. The number of aliphatic hydroxyl groups is 1. The zero-order valence-corrected chi connectivity index (χ0v) is 8.52. The largest absolute Gasteiger partial charge is 0.479 e. The van der Waals surface area contributed by atoms with Gasteiger partial charge in [0.15, 0.2) is 6.10 Å². The summed E-state index contributed by atoms with van der Waals surface area (Å²) in [6.07, 6.45) is -0.620. The Bertz CT molecular complexity index is 395. The molecule has 2 N–H and O–H groups in total. The van der Waals surface area contributed by atoms with Crippen LogP contribution in [0.25, 0.3) is 0 Å². The molecule has 82 valence electrons. The number of aliphatic carboxylic acids is 1. The summed E-state index contributed by atoms with van der Waals surface area (Å²) in [5, 5.41) is 17.5. The van der Waals surface area contributed by atoms with Crippen LogP contribution < -0.4 is 0 Å². The first-order valence-corrected chi connectivity index (χ1v) is 5.14. The second-order valence-corrected chi connectivity index (χ2v) is 3.57. The van der Waals surface area contributed by atoms with Gasteiger partial charge in [0.1, 0.15) is 11.6 Å². The van der Waals surface area contributed by atoms with Crippen molar-refractivity contribution in [3.63, 3.8) is 0 Å². The van der Waals surface area contributed by atoms with E-state index in [0.29, 0.717) is 0 Å². The number of carboxylic acids is 1. The van der Waals surface area contributed by atoms with E-state index in [9.17, 15) is 13.6 Å². The predicted molar refractivity (Wildman–Crippen MR) is 50.7 cm³/mol. The van der Waals surface area contributed by atoms with Crippen LogP contribution in [0.3, 0.4) is 0 Å². The molecule has 0 aliphatic carbocycles. The van der Waals surface area contributed by atoms with Gasteiger partial charge in [-0.15, -0.1) is 11.8 Å². The maximum absolute atomic E-state index is 13.5. The van der Waals surface area contributed by atoms with E-state index < -0.39 is 29.3 Å². The highest BCUT2D eigenvalue weighted by atomic mass is 32.2. The average molecular weight is 234 g/mol. The first-order chi connectivity index (χ1) is 6.99. The monoisotopic (exact) mass is 234 g/mol. The van der Waals surface area contributed by atoms with Gasteiger partial charge in [-0.3, -0.25) is 0 Å². The van der Waals surface area contributed by atoms with Crippen molar-refractivity contribution in [1.82, 2.24) is 0 Å². The fourth-order valence-electron chi connectivity index (χ4n) is 1.08. The molecule has 0 aliphatic heterocycles. The molecule has 0 amide bonds. The quantitative estimate of drug-likeness (QED) is 0.783. The average Bonchev–Trinajstić information content (AvgIpc) is 2.17. The molecule has 1 aromatic rings. The summed E-state index contributed by atoms with van der Waals surface area (Å²) in [4.78, 5) is 10.5. The smallest absolute Gasteiger partial charge is 0.337 e. The number of hydrogen-bond donors (Lipinski definition) is 2. The normalized spacial score (nSPS) is 12.5. The molecule has 1 unspecified atom stereocenters. The van der Waals surface area contributed by atoms with Crippen molar-refractivity contribution >= 4 is 17.7 Å². The highest BCUT2D eigenvalue weighted by Crippen LogP contribution is 2.28. The van der Waals surface area contributed by atoms with Gasteiger partial charge in [0, 0.05) is 4.90 Å². The minimum Gasteiger partial charge on any atom is -0.479 e. The van der Waals surface area contributed by atoms with Crippen molar-refractivity contribution in [2.45, 2.75) is 11.0 Å². The molecule has 0 heterocycles. The zero-order valence-electron chi connectivity index (χ0n) is 7.70. The molecule has 3 nitrogen and oxygen atoms in total. The molecule has 0 aromatic heterocycles. The first kappa shape index (κ1) is 11.9. The highest BCUT2D eigenvalue weighted by molar-refractivity contribution is 7.98. The van der Waals surface area contributed by atoms with Crippen LogP contribution in [-0.4, -0.2) is 22.4 Å². The Morgan fingerprint density at radius 1 is 1.47 bits per heavy atom. The Labute approximate surface area is 88.7 Å². The lowest BCUT2D eigenvalue weighted by molar-refractivity contribution is -0.147. The van der Waals surface area contributed by atoms with Crippen molar-refractivity contribution in [1.29, 1.82) is 0 Å². The van der Waals surface area contributed by atoms with E-state index in [1.54, 1.807) is 6.26 Å². The Kier molecular flexibility index (Phi) is 3.65. The molecule has 0 saturated carbocycles. The van der Waals surface area contributed by atoms with Crippen molar-refractivity contribution in [2.24, 2.45) is 0 Å². The fourth-order valence-corrected chi connectivity index (χ4v) is 1.57. The first-order valence-electron chi connectivity index (χ1n) is 3.91. The number of thioether (sulfide) groups is 1. The molecule has 1 aromatic carbocycles. The van der Waals surface area contributed by atoms with Gasteiger partial charge in [0.25, 0.3) is 0 Å². The zero-order chi connectivity index (χ0) is 11.6. The maximum atomic E-state index is 13.5. The summed E-state index contributed by atoms with van der Waals surface area (Å²) in [5.41, 5.74) is -0.825. The minimum absolute atomic E-state index is 0.0895. The van der Waals surface area contributed by atoms with E-state index in [1.807, 2.05) is 0 Å². The van der Waals surface area contributed by atoms with E-state index in [0.717, 1.165) is 17.8 Å². The van der Waals surface area contributed by atoms with Crippen LogP contribution in [0.2, 0.25) is 0 Å². The molecule has 0 spiro atoms. The molecule has 0 aliphatic rings. The molecule has 6 heteroatoms. The molecular formula is C9H8F2O3S. The summed E-state index contributed by atoms with van der Waals surface area (Å²) >= 11 is 1.00. The number of aliphatic hydroxyl groups excluding tert-OH is 1. The van der Waals surface area contributed by atoms with E-state index in [-0.39, 0.29) is 4.90 Å². The second-order valence-electron chi connectivity index (χ2n) is 2.72. The SMILES string of the molecule is CSc1ccc(F)c(C(O)C(=O)O)c1F. The van der Waals surface area contributed by atoms with Gasteiger partial charge in [-0.25, -0.2) is 13.6 Å². The summed E-state index contributed by atoms with van der Waals surface area (Å²) in [6, 6.07) is 2.11. The second kappa shape index (κ2) is 4.59. The molecule has 0 radical (unpaired) electrons. The van der Waals surface area contributed by atoms with E-state index >= 15 is 0 Å². The lowest BCUT2D eigenvalue weighted by atomic mass is 10.1. The number of rotatable bonds is 3. The van der Waals surface area contributed by atoms with Gasteiger partial charge in [0.05, 0.1) is 5.56 Å². The van der Waals surface area contributed by atoms with Crippen molar-refractivity contribution < 1.29 is 23.8 Å². The molecule has 0 bridgehead atoms.